The summed E-state index contributed by atoms with van der Waals surface area (Å²) < 4.78 is 0. The van der Waals surface area contributed by atoms with Crippen LogP contribution in [-0.2, 0) is 13.0 Å². The van der Waals surface area contributed by atoms with Crippen molar-refractivity contribution in [2.75, 3.05) is 6.54 Å². The van der Waals surface area contributed by atoms with Crippen LogP contribution in [0.3, 0.4) is 0 Å². The smallest absolute Gasteiger partial charge is 0.0607 e. The molecule has 0 N–H and O–H groups in total. The molecule has 1 aliphatic heterocycles. The molecule has 3 aromatic rings. The van der Waals surface area contributed by atoms with Gasteiger partial charge in [0.15, 0.2) is 0 Å². The third kappa shape index (κ3) is 2.93. The van der Waals surface area contributed by atoms with E-state index < -0.39 is 0 Å². The third-order valence-corrected chi connectivity index (χ3v) is 4.73. The number of rotatable bonds is 3. The summed E-state index contributed by atoms with van der Waals surface area (Å²) in [6, 6.07) is 30.9. The number of fused-ring (bicyclic) bond motifs is 1. The predicted octanol–water partition coefficient (Wildman–Crippen LogP) is 4.83. The van der Waals surface area contributed by atoms with E-state index in [4.69, 9.17) is 0 Å². The Bertz CT molecular complexity index is 764. The Morgan fingerprint density at radius 1 is 0.739 bits per heavy atom. The zero-order valence-electron chi connectivity index (χ0n) is 13.2. The van der Waals surface area contributed by atoms with Crippen molar-refractivity contribution in [2.24, 2.45) is 0 Å². The van der Waals surface area contributed by atoms with Crippen molar-refractivity contribution in [3.8, 4) is 0 Å². The second kappa shape index (κ2) is 6.39. The molecule has 0 unspecified atom stereocenters. The van der Waals surface area contributed by atoms with Crippen LogP contribution >= 0.6 is 0 Å². The van der Waals surface area contributed by atoms with Gasteiger partial charge in [0.05, 0.1) is 6.04 Å². The molecule has 1 aliphatic rings. The molecule has 0 fully saturated rings. The van der Waals surface area contributed by atoms with Gasteiger partial charge in [0.1, 0.15) is 0 Å². The van der Waals surface area contributed by atoms with Crippen LogP contribution in [0.4, 0.5) is 0 Å². The molecule has 3 aromatic carbocycles. The van der Waals surface area contributed by atoms with Crippen molar-refractivity contribution in [3.05, 3.63) is 107 Å². The molecule has 0 aromatic heterocycles. The molecule has 1 atom stereocenters. The first-order valence-electron chi connectivity index (χ1n) is 8.32. The highest BCUT2D eigenvalue weighted by Crippen LogP contribution is 2.35. The molecule has 0 amide bonds. The molecule has 114 valence electrons. The molecule has 1 nitrogen and oxygen atoms in total. The second-order valence-electron chi connectivity index (χ2n) is 6.22. The lowest BCUT2D eigenvalue weighted by molar-refractivity contribution is 0.204. The van der Waals surface area contributed by atoms with Crippen molar-refractivity contribution in [3.63, 3.8) is 0 Å². The maximum absolute atomic E-state index is 2.60. The summed E-state index contributed by atoms with van der Waals surface area (Å²) in [4.78, 5) is 2.60. The van der Waals surface area contributed by atoms with Crippen LogP contribution < -0.4 is 0 Å². The fraction of sp³-hybridized carbons (Fsp3) is 0.182. The summed E-state index contributed by atoms with van der Waals surface area (Å²) in [7, 11) is 0. The van der Waals surface area contributed by atoms with E-state index in [0.717, 1.165) is 19.5 Å². The van der Waals surface area contributed by atoms with Gasteiger partial charge in [-0.2, -0.15) is 0 Å². The van der Waals surface area contributed by atoms with Crippen molar-refractivity contribution < 1.29 is 0 Å². The van der Waals surface area contributed by atoms with Gasteiger partial charge >= 0.3 is 0 Å². The standard InChI is InChI=1S/C22H21N/c1-3-9-18(10-4-1)17-23-16-15-19-11-7-8-14-21(19)22(23)20-12-5-2-6-13-20/h1-14,22H,15-17H2/t22-/m1/s1. The van der Waals surface area contributed by atoms with Crippen LogP contribution in [0.1, 0.15) is 28.3 Å². The first-order valence-corrected chi connectivity index (χ1v) is 8.32. The van der Waals surface area contributed by atoms with E-state index in [1.54, 1.807) is 0 Å². The number of hydrogen-bond donors (Lipinski definition) is 0. The number of benzene rings is 3. The lowest BCUT2D eigenvalue weighted by Gasteiger charge is -2.37. The first-order chi connectivity index (χ1) is 11.4. The lowest BCUT2D eigenvalue weighted by atomic mass is 9.88. The molecule has 0 spiro atoms. The topological polar surface area (TPSA) is 3.24 Å². The lowest BCUT2D eigenvalue weighted by Crippen LogP contribution is -2.35. The normalized spacial score (nSPS) is 17.7. The van der Waals surface area contributed by atoms with Gasteiger partial charge in [-0.25, -0.2) is 0 Å². The van der Waals surface area contributed by atoms with Gasteiger partial charge in [-0.1, -0.05) is 84.9 Å². The predicted molar refractivity (Wildman–Crippen MR) is 95.3 cm³/mol. The summed E-state index contributed by atoms with van der Waals surface area (Å²) in [5.41, 5.74) is 5.72. The minimum atomic E-state index is 0.348. The van der Waals surface area contributed by atoms with Crippen LogP contribution in [-0.4, -0.2) is 11.4 Å². The summed E-state index contributed by atoms with van der Waals surface area (Å²) in [6.45, 7) is 2.10. The Balaban J connectivity index is 1.74. The van der Waals surface area contributed by atoms with Crippen molar-refractivity contribution in [1.29, 1.82) is 0 Å². The zero-order chi connectivity index (χ0) is 15.5. The fourth-order valence-electron chi connectivity index (χ4n) is 3.63. The van der Waals surface area contributed by atoms with Crippen LogP contribution in [0.5, 0.6) is 0 Å². The summed E-state index contributed by atoms with van der Waals surface area (Å²) in [6.07, 6.45) is 1.13. The summed E-state index contributed by atoms with van der Waals surface area (Å²) in [5.74, 6) is 0. The van der Waals surface area contributed by atoms with Gasteiger partial charge in [-0.3, -0.25) is 4.90 Å². The average Bonchev–Trinajstić information content (AvgIpc) is 2.63. The van der Waals surface area contributed by atoms with Crippen LogP contribution in [0, 0.1) is 0 Å². The highest BCUT2D eigenvalue weighted by atomic mass is 15.2. The van der Waals surface area contributed by atoms with E-state index in [2.05, 4.69) is 89.8 Å². The van der Waals surface area contributed by atoms with E-state index >= 15 is 0 Å². The highest BCUT2D eigenvalue weighted by molar-refractivity contribution is 5.39. The SMILES string of the molecule is c1ccc(CN2CCc3ccccc3[C@H]2c2ccccc2)cc1. The fourth-order valence-corrected chi connectivity index (χ4v) is 3.63. The van der Waals surface area contributed by atoms with Gasteiger partial charge in [0.2, 0.25) is 0 Å². The third-order valence-electron chi connectivity index (χ3n) is 4.73. The monoisotopic (exact) mass is 299 g/mol. The maximum atomic E-state index is 2.60. The minimum absolute atomic E-state index is 0.348. The molecule has 0 aliphatic carbocycles. The van der Waals surface area contributed by atoms with Crippen molar-refractivity contribution in [1.82, 2.24) is 4.90 Å². The Morgan fingerprint density at radius 2 is 1.39 bits per heavy atom. The van der Waals surface area contributed by atoms with Crippen LogP contribution in [0.25, 0.3) is 0 Å². The Morgan fingerprint density at radius 3 is 2.17 bits per heavy atom. The van der Waals surface area contributed by atoms with Gasteiger partial charge < -0.3 is 0 Å². The molecular weight excluding hydrogens is 278 g/mol. The summed E-state index contributed by atoms with van der Waals surface area (Å²) >= 11 is 0. The Kier molecular flexibility index (Phi) is 3.95. The van der Waals surface area contributed by atoms with Gasteiger partial charge in [0, 0.05) is 13.1 Å². The minimum Gasteiger partial charge on any atom is -0.288 e. The molecule has 0 saturated carbocycles. The Hall–Kier alpha value is -2.38. The van der Waals surface area contributed by atoms with E-state index in [9.17, 15) is 0 Å². The molecule has 1 heteroatoms. The molecule has 1 heterocycles. The van der Waals surface area contributed by atoms with E-state index in [1.807, 2.05) is 0 Å². The highest BCUT2D eigenvalue weighted by Gasteiger charge is 2.28. The van der Waals surface area contributed by atoms with Crippen molar-refractivity contribution in [2.45, 2.75) is 19.0 Å². The molecule has 0 radical (unpaired) electrons. The average molecular weight is 299 g/mol. The summed E-state index contributed by atoms with van der Waals surface area (Å²) in [5, 5.41) is 0. The van der Waals surface area contributed by atoms with Gasteiger partial charge in [-0.15, -0.1) is 0 Å². The molecule has 0 saturated heterocycles. The zero-order valence-corrected chi connectivity index (χ0v) is 13.2. The van der Waals surface area contributed by atoms with Crippen molar-refractivity contribution >= 4 is 0 Å². The molecule has 4 rings (SSSR count). The molecule has 0 bridgehead atoms. The Labute approximate surface area is 138 Å². The first kappa shape index (κ1) is 14.2. The number of hydrogen-bond acceptors (Lipinski definition) is 1. The van der Waals surface area contributed by atoms with E-state index in [1.165, 1.54) is 22.3 Å². The quantitative estimate of drug-likeness (QED) is 0.669. The van der Waals surface area contributed by atoms with Crippen LogP contribution in [0.2, 0.25) is 0 Å². The van der Waals surface area contributed by atoms with Gasteiger partial charge in [-0.05, 0) is 28.7 Å². The second-order valence-corrected chi connectivity index (χ2v) is 6.22. The van der Waals surface area contributed by atoms with Crippen LogP contribution in [0.15, 0.2) is 84.9 Å². The molecule has 23 heavy (non-hydrogen) atoms. The number of nitrogens with zero attached hydrogens (tertiary/aromatic N) is 1. The van der Waals surface area contributed by atoms with E-state index in [0.29, 0.717) is 6.04 Å². The van der Waals surface area contributed by atoms with E-state index in [-0.39, 0.29) is 0 Å². The molecular formula is C22H21N. The largest absolute Gasteiger partial charge is 0.288 e. The van der Waals surface area contributed by atoms with Gasteiger partial charge in [0.25, 0.3) is 0 Å². The maximum Gasteiger partial charge on any atom is 0.0607 e.